The van der Waals surface area contributed by atoms with E-state index in [1.807, 2.05) is 0 Å². The minimum absolute atomic E-state index is 0.324. The molecule has 1 N–H and O–H groups in total. The zero-order chi connectivity index (χ0) is 10.4. The first-order valence-corrected chi connectivity index (χ1v) is 5.96. The Balaban J connectivity index is 2.41. The summed E-state index contributed by atoms with van der Waals surface area (Å²) >= 11 is 3.45. The van der Waals surface area contributed by atoms with Crippen molar-refractivity contribution in [3.63, 3.8) is 0 Å². The molecule has 1 unspecified atom stereocenters. The van der Waals surface area contributed by atoms with Crippen LogP contribution in [0.25, 0.3) is 0 Å². The molecule has 1 aromatic rings. The van der Waals surface area contributed by atoms with Crippen LogP contribution in [0.5, 0.6) is 0 Å². The van der Waals surface area contributed by atoms with E-state index in [0.717, 1.165) is 0 Å². The minimum Gasteiger partial charge on any atom is -0.377 e. The molecule has 2 rings (SSSR count). The molecule has 0 radical (unpaired) electrons. The lowest BCUT2D eigenvalue weighted by Crippen LogP contribution is -2.42. The molecule has 0 bridgehead atoms. The van der Waals surface area contributed by atoms with E-state index in [1.165, 1.54) is 11.3 Å². The third-order valence-corrected chi connectivity index (χ3v) is 4.10. The van der Waals surface area contributed by atoms with Gasteiger partial charge in [-0.15, -0.1) is 11.3 Å². The highest BCUT2D eigenvalue weighted by molar-refractivity contribution is 9.10. The first kappa shape index (κ1) is 10.5. The first-order valence-electron chi connectivity index (χ1n) is 4.29. The van der Waals surface area contributed by atoms with Crippen molar-refractivity contribution in [1.82, 2.24) is 0 Å². The summed E-state index contributed by atoms with van der Waals surface area (Å²) in [6.07, 6.45) is 1.32. The maximum absolute atomic E-state index is 13.3. The number of hydrogen-bond acceptors (Lipinski definition) is 2. The fraction of sp³-hybridized carbons (Fsp3) is 0.556. The molecule has 1 saturated carbocycles. The molecule has 1 heterocycles. The Morgan fingerprint density at radius 3 is 2.50 bits per heavy atom. The molecule has 1 fully saturated rings. The number of alkyl halides is 3. The van der Waals surface area contributed by atoms with Gasteiger partial charge in [-0.1, -0.05) is 6.07 Å². The number of hydrogen-bond donors (Lipinski definition) is 1. The average molecular weight is 283 g/mol. The van der Waals surface area contributed by atoms with Crippen molar-refractivity contribution >= 4 is 27.3 Å². The highest BCUT2D eigenvalue weighted by Gasteiger charge is 2.60. The standard InChI is InChI=1S/C9H9BrF2OS/c10-9(11,12)8(13,6-3-4-6)7-2-1-5-14-7/h1-2,5-6,13H,3-4H2. The molecule has 1 nitrogen and oxygen atoms in total. The SMILES string of the molecule is OC(c1cccs1)(C1CC1)C(F)(F)Br. The van der Waals surface area contributed by atoms with Crippen LogP contribution in [0.1, 0.15) is 17.7 Å². The van der Waals surface area contributed by atoms with E-state index in [0.29, 0.717) is 17.7 Å². The monoisotopic (exact) mass is 282 g/mol. The summed E-state index contributed by atoms with van der Waals surface area (Å²) in [4.78, 5) is -2.92. The van der Waals surface area contributed by atoms with E-state index in [9.17, 15) is 13.9 Å². The Bertz CT molecular complexity index is 318. The van der Waals surface area contributed by atoms with E-state index in [2.05, 4.69) is 15.9 Å². The van der Waals surface area contributed by atoms with Crippen LogP contribution in [-0.4, -0.2) is 9.94 Å². The van der Waals surface area contributed by atoms with E-state index in [-0.39, 0.29) is 5.92 Å². The predicted molar refractivity (Wildman–Crippen MR) is 54.8 cm³/mol. The lowest BCUT2D eigenvalue weighted by atomic mass is 9.96. The zero-order valence-electron chi connectivity index (χ0n) is 7.21. The summed E-state index contributed by atoms with van der Waals surface area (Å²) in [7, 11) is 0. The quantitative estimate of drug-likeness (QED) is 0.844. The van der Waals surface area contributed by atoms with Gasteiger partial charge in [-0.2, -0.15) is 8.78 Å². The molecule has 78 valence electrons. The number of aliphatic hydroxyl groups is 1. The van der Waals surface area contributed by atoms with Crippen molar-refractivity contribution in [2.75, 3.05) is 0 Å². The molecule has 5 heteroatoms. The van der Waals surface area contributed by atoms with Crippen LogP contribution in [-0.2, 0) is 5.60 Å². The molecule has 1 aliphatic rings. The third kappa shape index (κ3) is 1.51. The van der Waals surface area contributed by atoms with Gasteiger partial charge in [0.2, 0.25) is 0 Å². The molecule has 0 spiro atoms. The normalized spacial score (nSPS) is 22.0. The van der Waals surface area contributed by atoms with Crippen molar-refractivity contribution in [3.8, 4) is 0 Å². The third-order valence-electron chi connectivity index (χ3n) is 2.50. The second-order valence-corrected chi connectivity index (χ2v) is 5.46. The van der Waals surface area contributed by atoms with Crippen LogP contribution in [0.4, 0.5) is 8.78 Å². The Morgan fingerprint density at radius 1 is 1.50 bits per heavy atom. The van der Waals surface area contributed by atoms with Gasteiger partial charge in [-0.25, -0.2) is 0 Å². The fourth-order valence-corrected chi connectivity index (χ4v) is 3.17. The van der Waals surface area contributed by atoms with E-state index in [4.69, 9.17) is 0 Å². The van der Waals surface area contributed by atoms with Crippen molar-refractivity contribution in [1.29, 1.82) is 0 Å². The first-order chi connectivity index (χ1) is 6.46. The van der Waals surface area contributed by atoms with Crippen LogP contribution in [0, 0.1) is 5.92 Å². The van der Waals surface area contributed by atoms with Crippen molar-refractivity contribution in [2.24, 2.45) is 5.92 Å². The summed E-state index contributed by atoms with van der Waals surface area (Å²) in [6.45, 7) is 0. The molecule has 1 aromatic heterocycles. The molecule has 1 aliphatic carbocycles. The van der Waals surface area contributed by atoms with Crippen LogP contribution < -0.4 is 0 Å². The smallest absolute Gasteiger partial charge is 0.334 e. The lowest BCUT2D eigenvalue weighted by Gasteiger charge is -2.31. The Labute approximate surface area is 92.9 Å². The van der Waals surface area contributed by atoms with Crippen molar-refractivity contribution < 1.29 is 13.9 Å². The van der Waals surface area contributed by atoms with Gasteiger partial charge in [0.1, 0.15) is 0 Å². The Morgan fingerprint density at radius 2 is 2.14 bits per heavy atom. The number of rotatable bonds is 3. The maximum atomic E-state index is 13.3. The van der Waals surface area contributed by atoms with Gasteiger partial charge >= 0.3 is 4.83 Å². The lowest BCUT2D eigenvalue weighted by molar-refractivity contribution is -0.134. The molecule has 0 amide bonds. The molecule has 0 aromatic carbocycles. The number of thiophene rings is 1. The van der Waals surface area contributed by atoms with E-state index in [1.54, 1.807) is 17.5 Å². The summed E-state index contributed by atoms with van der Waals surface area (Å²) < 4.78 is 26.6. The molecule has 1 atom stereocenters. The molecule has 14 heavy (non-hydrogen) atoms. The minimum atomic E-state index is -3.26. The highest BCUT2D eigenvalue weighted by Crippen LogP contribution is 2.56. The predicted octanol–water partition coefficient (Wildman–Crippen LogP) is 3.33. The molecular formula is C9H9BrF2OS. The fourth-order valence-electron chi connectivity index (χ4n) is 1.57. The van der Waals surface area contributed by atoms with E-state index >= 15 is 0 Å². The second-order valence-electron chi connectivity index (χ2n) is 3.52. The topological polar surface area (TPSA) is 20.2 Å². The van der Waals surface area contributed by atoms with Gasteiger partial charge in [0.05, 0.1) is 0 Å². The molecule has 0 saturated heterocycles. The number of halogens is 3. The van der Waals surface area contributed by atoms with Crippen molar-refractivity contribution in [3.05, 3.63) is 22.4 Å². The molecular weight excluding hydrogens is 274 g/mol. The van der Waals surface area contributed by atoms with Crippen LogP contribution in [0.2, 0.25) is 0 Å². The maximum Gasteiger partial charge on any atom is 0.334 e. The van der Waals surface area contributed by atoms with Crippen molar-refractivity contribution in [2.45, 2.75) is 23.3 Å². The Hall–Kier alpha value is -0.000000000000000111. The summed E-state index contributed by atoms with van der Waals surface area (Å²) in [6, 6.07) is 3.23. The summed E-state index contributed by atoms with van der Waals surface area (Å²) in [5, 5.41) is 11.8. The highest BCUT2D eigenvalue weighted by atomic mass is 79.9. The van der Waals surface area contributed by atoms with Crippen LogP contribution in [0.15, 0.2) is 17.5 Å². The Kier molecular flexibility index (Phi) is 2.44. The largest absolute Gasteiger partial charge is 0.377 e. The van der Waals surface area contributed by atoms with Gasteiger partial charge in [0.25, 0.3) is 0 Å². The average Bonchev–Trinajstić information content (AvgIpc) is 2.78. The second kappa shape index (κ2) is 3.25. The van der Waals surface area contributed by atoms with E-state index < -0.39 is 10.4 Å². The van der Waals surface area contributed by atoms with Crippen LogP contribution in [0.3, 0.4) is 0 Å². The van der Waals surface area contributed by atoms with Crippen LogP contribution >= 0.6 is 27.3 Å². The van der Waals surface area contributed by atoms with Gasteiger partial charge in [0.15, 0.2) is 5.60 Å². The van der Waals surface area contributed by atoms with Gasteiger partial charge in [0, 0.05) is 4.88 Å². The summed E-state index contributed by atoms with van der Waals surface area (Å²) in [5.74, 6) is -0.324. The van der Waals surface area contributed by atoms with Gasteiger partial charge in [-0.05, 0) is 46.1 Å². The van der Waals surface area contributed by atoms with Gasteiger partial charge < -0.3 is 5.11 Å². The molecule has 0 aliphatic heterocycles. The summed E-state index contributed by atoms with van der Waals surface area (Å²) in [5.41, 5.74) is -2.03. The van der Waals surface area contributed by atoms with Gasteiger partial charge in [-0.3, -0.25) is 0 Å². The zero-order valence-corrected chi connectivity index (χ0v) is 9.62.